The van der Waals surface area contributed by atoms with Crippen molar-refractivity contribution in [3.05, 3.63) is 0 Å². The highest BCUT2D eigenvalue weighted by atomic mass is 32.2. The molecule has 1 atom stereocenters. The lowest BCUT2D eigenvalue weighted by molar-refractivity contribution is 0.0341. The average Bonchev–Trinajstić information content (AvgIpc) is 2.09. The van der Waals surface area contributed by atoms with E-state index in [1.54, 1.807) is 6.92 Å². The molecule has 0 fully saturated rings. The Morgan fingerprint density at radius 2 is 1.35 bits per heavy atom. The van der Waals surface area contributed by atoms with E-state index in [1.807, 2.05) is 0 Å². The maximum Gasteiger partial charge on any atom is 0.264 e. The SMILES string of the molecule is C[C@@H](CCOS(C)(=O)=O)OCCOS(C)(=O)=O. The summed E-state index contributed by atoms with van der Waals surface area (Å²) in [5, 5.41) is 0. The van der Waals surface area contributed by atoms with Crippen molar-refractivity contribution >= 4 is 20.2 Å². The quantitative estimate of drug-likeness (QED) is 0.426. The second-order valence-electron chi connectivity index (χ2n) is 3.52. The molecule has 0 saturated heterocycles. The highest BCUT2D eigenvalue weighted by molar-refractivity contribution is 7.86. The number of rotatable bonds is 9. The minimum Gasteiger partial charge on any atom is -0.376 e. The van der Waals surface area contributed by atoms with Crippen molar-refractivity contribution in [3.8, 4) is 0 Å². The van der Waals surface area contributed by atoms with Crippen LogP contribution >= 0.6 is 0 Å². The van der Waals surface area contributed by atoms with Gasteiger partial charge in [0.25, 0.3) is 20.2 Å². The smallest absolute Gasteiger partial charge is 0.264 e. The fourth-order valence-corrected chi connectivity index (χ4v) is 1.65. The Bertz CT molecular complexity index is 398. The Kier molecular flexibility index (Phi) is 7.17. The van der Waals surface area contributed by atoms with Gasteiger partial charge in [-0.3, -0.25) is 8.37 Å². The summed E-state index contributed by atoms with van der Waals surface area (Å²) in [5.41, 5.74) is 0. The minimum atomic E-state index is -3.44. The number of hydrogen-bond acceptors (Lipinski definition) is 7. The summed E-state index contributed by atoms with van der Waals surface area (Å²) < 4.78 is 56.6. The molecule has 0 aliphatic heterocycles. The zero-order valence-corrected chi connectivity index (χ0v) is 11.7. The largest absolute Gasteiger partial charge is 0.376 e. The molecule has 7 nitrogen and oxygen atoms in total. The van der Waals surface area contributed by atoms with Crippen molar-refractivity contribution in [1.29, 1.82) is 0 Å². The molecule has 0 amide bonds. The third-order valence-electron chi connectivity index (χ3n) is 1.60. The topological polar surface area (TPSA) is 96.0 Å². The first-order valence-electron chi connectivity index (χ1n) is 4.90. The molecule has 0 saturated carbocycles. The van der Waals surface area contributed by atoms with Crippen molar-refractivity contribution in [2.75, 3.05) is 32.3 Å². The van der Waals surface area contributed by atoms with E-state index in [-0.39, 0.29) is 25.9 Å². The lowest BCUT2D eigenvalue weighted by atomic mass is 10.3. The molecule has 0 heterocycles. The molecule has 17 heavy (non-hydrogen) atoms. The molecular formula is C8H18O7S2. The van der Waals surface area contributed by atoms with Crippen LogP contribution in [0.1, 0.15) is 13.3 Å². The van der Waals surface area contributed by atoms with Crippen LogP contribution in [0.3, 0.4) is 0 Å². The highest BCUT2D eigenvalue weighted by Gasteiger charge is 2.07. The van der Waals surface area contributed by atoms with Gasteiger partial charge in [-0.25, -0.2) is 0 Å². The Morgan fingerprint density at radius 1 is 0.882 bits per heavy atom. The van der Waals surface area contributed by atoms with Gasteiger partial charge >= 0.3 is 0 Å². The maximum atomic E-state index is 10.6. The van der Waals surface area contributed by atoms with Crippen LogP contribution in [0.15, 0.2) is 0 Å². The van der Waals surface area contributed by atoms with E-state index in [0.717, 1.165) is 12.5 Å². The van der Waals surface area contributed by atoms with Crippen LogP contribution < -0.4 is 0 Å². The minimum absolute atomic E-state index is 0.0347. The molecule has 0 aromatic heterocycles. The van der Waals surface area contributed by atoms with Gasteiger partial charge in [0.2, 0.25) is 0 Å². The van der Waals surface area contributed by atoms with Gasteiger partial charge in [0.05, 0.1) is 38.4 Å². The van der Waals surface area contributed by atoms with E-state index in [1.165, 1.54) is 0 Å². The highest BCUT2D eigenvalue weighted by Crippen LogP contribution is 2.00. The molecule has 9 heteroatoms. The van der Waals surface area contributed by atoms with E-state index in [9.17, 15) is 16.8 Å². The third-order valence-corrected chi connectivity index (χ3v) is 2.79. The summed E-state index contributed by atoms with van der Waals surface area (Å²) in [5.74, 6) is 0. The third kappa shape index (κ3) is 13.7. The zero-order valence-electron chi connectivity index (χ0n) is 10.1. The van der Waals surface area contributed by atoms with Gasteiger partial charge in [-0.2, -0.15) is 16.8 Å². The molecular weight excluding hydrogens is 272 g/mol. The van der Waals surface area contributed by atoms with Gasteiger partial charge < -0.3 is 4.74 Å². The predicted octanol–water partition coefficient (Wildman–Crippen LogP) is -0.266. The fraction of sp³-hybridized carbons (Fsp3) is 1.00. The standard InChI is InChI=1S/C8H18O7S2/c1-8(4-5-14-16(2,9)10)13-6-7-15-17(3,11)12/h8H,4-7H2,1-3H3/t8-/m0/s1. The van der Waals surface area contributed by atoms with E-state index in [0.29, 0.717) is 6.42 Å². The first-order valence-corrected chi connectivity index (χ1v) is 8.54. The Hall–Kier alpha value is -0.220. The molecule has 0 aromatic carbocycles. The number of hydrogen-bond donors (Lipinski definition) is 0. The molecule has 0 rings (SSSR count). The van der Waals surface area contributed by atoms with E-state index in [2.05, 4.69) is 8.37 Å². The number of ether oxygens (including phenoxy) is 1. The van der Waals surface area contributed by atoms with Crippen LogP contribution in [0.2, 0.25) is 0 Å². The molecule has 0 bridgehead atoms. The van der Waals surface area contributed by atoms with Gasteiger partial charge in [0.1, 0.15) is 0 Å². The summed E-state index contributed by atoms with van der Waals surface area (Å²) in [6, 6.07) is 0. The normalized spacial score (nSPS) is 14.8. The van der Waals surface area contributed by atoms with E-state index in [4.69, 9.17) is 4.74 Å². The lowest BCUT2D eigenvalue weighted by Gasteiger charge is -2.12. The Morgan fingerprint density at radius 3 is 1.82 bits per heavy atom. The summed E-state index contributed by atoms with van der Waals surface area (Å²) in [7, 11) is -6.87. The molecule has 0 aliphatic carbocycles. The van der Waals surface area contributed by atoms with Gasteiger partial charge in [-0.05, 0) is 13.3 Å². The van der Waals surface area contributed by atoms with Crippen LogP contribution in [0.25, 0.3) is 0 Å². The van der Waals surface area contributed by atoms with Crippen LogP contribution in [0.5, 0.6) is 0 Å². The van der Waals surface area contributed by atoms with Crippen LogP contribution in [-0.4, -0.2) is 55.3 Å². The van der Waals surface area contributed by atoms with Crippen LogP contribution in [-0.2, 0) is 33.3 Å². The molecule has 0 aromatic rings. The van der Waals surface area contributed by atoms with Gasteiger partial charge in [-0.15, -0.1) is 0 Å². The van der Waals surface area contributed by atoms with E-state index < -0.39 is 20.2 Å². The molecule has 0 spiro atoms. The van der Waals surface area contributed by atoms with Crippen molar-refractivity contribution in [1.82, 2.24) is 0 Å². The molecule has 104 valence electrons. The van der Waals surface area contributed by atoms with Crippen LogP contribution in [0.4, 0.5) is 0 Å². The van der Waals surface area contributed by atoms with Crippen LogP contribution in [0, 0.1) is 0 Å². The second-order valence-corrected chi connectivity index (χ2v) is 6.81. The average molecular weight is 290 g/mol. The van der Waals surface area contributed by atoms with Gasteiger partial charge in [0.15, 0.2) is 0 Å². The van der Waals surface area contributed by atoms with Gasteiger partial charge in [-0.1, -0.05) is 0 Å². The zero-order chi connectivity index (χ0) is 13.5. The maximum absolute atomic E-state index is 10.6. The lowest BCUT2D eigenvalue weighted by Crippen LogP contribution is -2.17. The molecule has 0 N–H and O–H groups in total. The van der Waals surface area contributed by atoms with Crippen molar-refractivity contribution in [2.45, 2.75) is 19.4 Å². The Labute approximate surface area is 102 Å². The van der Waals surface area contributed by atoms with E-state index >= 15 is 0 Å². The first-order chi connectivity index (χ1) is 7.60. The molecule has 0 radical (unpaired) electrons. The van der Waals surface area contributed by atoms with Gasteiger partial charge in [0, 0.05) is 0 Å². The fourth-order valence-electron chi connectivity index (χ4n) is 0.883. The van der Waals surface area contributed by atoms with Crippen molar-refractivity contribution in [2.24, 2.45) is 0 Å². The predicted molar refractivity (Wildman–Crippen MR) is 61.6 cm³/mol. The monoisotopic (exact) mass is 290 g/mol. The first kappa shape index (κ1) is 16.8. The summed E-state index contributed by atoms with van der Waals surface area (Å²) in [6.07, 6.45) is 2.08. The molecule has 0 unspecified atom stereocenters. The second kappa shape index (κ2) is 7.27. The Balaban J connectivity index is 3.57. The van der Waals surface area contributed by atoms with Crippen molar-refractivity contribution in [3.63, 3.8) is 0 Å². The summed E-state index contributed by atoms with van der Waals surface area (Å²) in [6.45, 7) is 1.82. The summed E-state index contributed by atoms with van der Waals surface area (Å²) >= 11 is 0. The summed E-state index contributed by atoms with van der Waals surface area (Å²) in [4.78, 5) is 0. The van der Waals surface area contributed by atoms with Crippen molar-refractivity contribution < 1.29 is 29.9 Å². The molecule has 0 aliphatic rings.